The molecule has 0 saturated heterocycles. The molecule has 2 N–H and O–H groups in total. The topological polar surface area (TPSA) is 49.3 Å². The van der Waals surface area contributed by atoms with Crippen molar-refractivity contribution in [3.05, 3.63) is 48.0 Å². The van der Waals surface area contributed by atoms with E-state index in [0.717, 1.165) is 10.8 Å². The van der Waals surface area contributed by atoms with Crippen LogP contribution in [0.3, 0.4) is 0 Å². The predicted molar refractivity (Wildman–Crippen MR) is 85.3 cm³/mol. The second kappa shape index (κ2) is 6.29. The molecule has 1 atom stereocenters. The predicted octanol–water partition coefficient (Wildman–Crippen LogP) is 2.68. The second-order valence-corrected chi connectivity index (χ2v) is 6.01. The van der Waals surface area contributed by atoms with Crippen molar-refractivity contribution in [3.63, 3.8) is 0 Å². The minimum atomic E-state index is -0.889. The first-order valence-electron chi connectivity index (χ1n) is 6.51. The molecule has 0 heterocycles. The summed E-state index contributed by atoms with van der Waals surface area (Å²) in [5, 5.41) is 14.9. The molecular weight excluding hydrogens is 270 g/mol. The number of carbonyl (C=O) groups excluding carboxylic acids is 1. The number of thioether (sulfide) groups is 1. The standard InChI is InChI=1S/C16H19NO2S/c1-16(19,11-20-2)10-17-15(18)14-9-5-7-12-6-3-4-8-13(12)14/h3-9,19H,10-11H2,1-2H3,(H,17,18)/t16-/m1/s1. The molecule has 0 unspecified atom stereocenters. The van der Waals surface area contributed by atoms with Crippen LogP contribution in [0.2, 0.25) is 0 Å². The first-order chi connectivity index (χ1) is 9.53. The molecule has 0 spiro atoms. The summed E-state index contributed by atoms with van der Waals surface area (Å²) < 4.78 is 0. The van der Waals surface area contributed by atoms with Crippen LogP contribution in [0.1, 0.15) is 17.3 Å². The van der Waals surface area contributed by atoms with Gasteiger partial charge >= 0.3 is 0 Å². The molecule has 0 saturated carbocycles. The van der Waals surface area contributed by atoms with Crippen molar-refractivity contribution in [3.8, 4) is 0 Å². The van der Waals surface area contributed by atoms with E-state index in [4.69, 9.17) is 0 Å². The smallest absolute Gasteiger partial charge is 0.252 e. The molecule has 0 aromatic heterocycles. The minimum Gasteiger partial charge on any atom is -0.387 e. The molecule has 0 fully saturated rings. The van der Waals surface area contributed by atoms with Crippen molar-refractivity contribution < 1.29 is 9.90 Å². The van der Waals surface area contributed by atoms with E-state index in [1.165, 1.54) is 0 Å². The Morgan fingerprint density at radius 1 is 1.25 bits per heavy atom. The highest BCUT2D eigenvalue weighted by Gasteiger charge is 2.21. The van der Waals surface area contributed by atoms with Crippen LogP contribution in [0.15, 0.2) is 42.5 Å². The summed E-state index contributed by atoms with van der Waals surface area (Å²) in [6.07, 6.45) is 1.93. The zero-order chi connectivity index (χ0) is 14.6. The van der Waals surface area contributed by atoms with E-state index in [0.29, 0.717) is 11.3 Å². The quantitative estimate of drug-likeness (QED) is 0.889. The fourth-order valence-corrected chi connectivity index (χ4v) is 2.88. The summed E-state index contributed by atoms with van der Waals surface area (Å²) in [6.45, 7) is 1.97. The Balaban J connectivity index is 2.16. The highest BCUT2D eigenvalue weighted by Crippen LogP contribution is 2.18. The Morgan fingerprint density at radius 3 is 2.70 bits per heavy atom. The van der Waals surface area contributed by atoms with E-state index in [-0.39, 0.29) is 12.5 Å². The summed E-state index contributed by atoms with van der Waals surface area (Å²) in [5.74, 6) is 0.436. The number of amides is 1. The normalized spacial score (nSPS) is 13.9. The fraction of sp³-hybridized carbons (Fsp3) is 0.312. The van der Waals surface area contributed by atoms with Crippen molar-refractivity contribution in [1.82, 2.24) is 5.32 Å². The summed E-state index contributed by atoms with van der Waals surface area (Å²) in [6, 6.07) is 13.4. The van der Waals surface area contributed by atoms with Crippen LogP contribution in [0, 0.1) is 0 Å². The number of fused-ring (bicyclic) bond motifs is 1. The molecule has 0 bridgehead atoms. The molecule has 2 aromatic rings. The van der Waals surface area contributed by atoms with Gasteiger partial charge < -0.3 is 10.4 Å². The highest BCUT2D eigenvalue weighted by molar-refractivity contribution is 7.98. The Morgan fingerprint density at radius 2 is 1.95 bits per heavy atom. The number of benzene rings is 2. The van der Waals surface area contributed by atoms with Gasteiger partial charge in [-0.25, -0.2) is 0 Å². The van der Waals surface area contributed by atoms with Gasteiger partial charge in [0.1, 0.15) is 0 Å². The molecule has 2 aromatic carbocycles. The van der Waals surface area contributed by atoms with Crippen molar-refractivity contribution >= 4 is 28.4 Å². The SMILES string of the molecule is CSC[C@](C)(O)CNC(=O)c1cccc2ccccc12. The van der Waals surface area contributed by atoms with Gasteiger partial charge in [0.05, 0.1) is 5.60 Å². The van der Waals surface area contributed by atoms with Gasteiger partial charge in [0.2, 0.25) is 0 Å². The lowest BCUT2D eigenvalue weighted by atomic mass is 10.0. The average Bonchev–Trinajstić information content (AvgIpc) is 2.44. The summed E-state index contributed by atoms with van der Waals surface area (Å²) >= 11 is 1.56. The summed E-state index contributed by atoms with van der Waals surface area (Å²) in [7, 11) is 0. The molecule has 0 radical (unpaired) electrons. The number of hydrogen-bond acceptors (Lipinski definition) is 3. The largest absolute Gasteiger partial charge is 0.387 e. The lowest BCUT2D eigenvalue weighted by Gasteiger charge is -2.22. The van der Waals surface area contributed by atoms with Crippen LogP contribution in [0.4, 0.5) is 0 Å². The number of carbonyl (C=O) groups is 1. The first-order valence-corrected chi connectivity index (χ1v) is 7.90. The van der Waals surface area contributed by atoms with Crippen LogP contribution < -0.4 is 5.32 Å². The fourth-order valence-electron chi connectivity index (χ4n) is 2.15. The molecule has 0 aliphatic heterocycles. The van der Waals surface area contributed by atoms with E-state index < -0.39 is 5.60 Å². The van der Waals surface area contributed by atoms with Gasteiger partial charge in [0, 0.05) is 17.9 Å². The lowest BCUT2D eigenvalue weighted by Crippen LogP contribution is -2.42. The molecule has 0 aliphatic rings. The highest BCUT2D eigenvalue weighted by atomic mass is 32.2. The van der Waals surface area contributed by atoms with Crippen LogP contribution >= 0.6 is 11.8 Å². The first kappa shape index (κ1) is 14.9. The lowest BCUT2D eigenvalue weighted by molar-refractivity contribution is 0.0726. The molecular formula is C16H19NO2S. The Bertz CT molecular complexity index is 605. The van der Waals surface area contributed by atoms with Crippen LogP contribution in [-0.2, 0) is 0 Å². The zero-order valence-electron chi connectivity index (χ0n) is 11.7. The molecule has 1 amide bonds. The van der Waals surface area contributed by atoms with Crippen LogP contribution in [0.5, 0.6) is 0 Å². The maximum absolute atomic E-state index is 12.3. The third-order valence-electron chi connectivity index (χ3n) is 3.12. The van der Waals surface area contributed by atoms with Crippen molar-refractivity contribution in [1.29, 1.82) is 0 Å². The van der Waals surface area contributed by atoms with Gasteiger partial charge in [-0.15, -0.1) is 0 Å². The number of hydrogen-bond donors (Lipinski definition) is 2. The molecule has 20 heavy (non-hydrogen) atoms. The van der Waals surface area contributed by atoms with E-state index in [2.05, 4.69) is 5.32 Å². The van der Waals surface area contributed by atoms with Gasteiger partial charge in [-0.3, -0.25) is 4.79 Å². The van der Waals surface area contributed by atoms with Gasteiger partial charge in [-0.2, -0.15) is 11.8 Å². The maximum Gasteiger partial charge on any atom is 0.252 e. The number of aliphatic hydroxyl groups is 1. The van der Waals surface area contributed by atoms with Crippen molar-refractivity contribution in [2.45, 2.75) is 12.5 Å². The monoisotopic (exact) mass is 289 g/mol. The average molecular weight is 289 g/mol. The van der Waals surface area contributed by atoms with Crippen molar-refractivity contribution in [2.75, 3.05) is 18.6 Å². The molecule has 4 heteroatoms. The Kier molecular flexibility index (Phi) is 4.68. The Labute approximate surface area is 123 Å². The number of rotatable bonds is 5. The molecule has 3 nitrogen and oxygen atoms in total. The van der Waals surface area contributed by atoms with Crippen LogP contribution in [-0.4, -0.2) is 35.2 Å². The van der Waals surface area contributed by atoms with Gasteiger partial charge in [-0.05, 0) is 30.0 Å². The van der Waals surface area contributed by atoms with Crippen LogP contribution in [0.25, 0.3) is 10.8 Å². The Hall–Kier alpha value is -1.52. The minimum absolute atomic E-state index is 0.150. The summed E-state index contributed by atoms with van der Waals surface area (Å²) in [4.78, 5) is 12.3. The maximum atomic E-state index is 12.3. The van der Waals surface area contributed by atoms with E-state index in [1.54, 1.807) is 24.8 Å². The van der Waals surface area contributed by atoms with E-state index >= 15 is 0 Å². The molecule has 0 aliphatic carbocycles. The van der Waals surface area contributed by atoms with E-state index in [9.17, 15) is 9.90 Å². The van der Waals surface area contributed by atoms with E-state index in [1.807, 2.05) is 42.7 Å². The third-order valence-corrected chi connectivity index (χ3v) is 4.03. The van der Waals surface area contributed by atoms with Crippen molar-refractivity contribution in [2.24, 2.45) is 0 Å². The van der Waals surface area contributed by atoms with Gasteiger partial charge in [0.15, 0.2) is 0 Å². The van der Waals surface area contributed by atoms with Gasteiger partial charge in [-0.1, -0.05) is 36.4 Å². The molecule has 2 rings (SSSR count). The molecule has 106 valence electrons. The summed E-state index contributed by atoms with van der Waals surface area (Å²) in [5.41, 5.74) is -0.248. The third kappa shape index (κ3) is 3.52. The second-order valence-electron chi connectivity index (χ2n) is 5.14. The number of nitrogens with one attached hydrogen (secondary N) is 1. The zero-order valence-corrected chi connectivity index (χ0v) is 12.5. The van der Waals surface area contributed by atoms with Gasteiger partial charge in [0.25, 0.3) is 5.91 Å².